The van der Waals surface area contributed by atoms with E-state index in [4.69, 9.17) is 5.73 Å². The summed E-state index contributed by atoms with van der Waals surface area (Å²) in [5.41, 5.74) is 5.78. The van der Waals surface area contributed by atoms with Crippen molar-refractivity contribution < 1.29 is 18.0 Å². The van der Waals surface area contributed by atoms with Crippen LogP contribution in [0.1, 0.15) is 52.4 Å². The van der Waals surface area contributed by atoms with Crippen LogP contribution in [0.3, 0.4) is 0 Å². The molecule has 0 aromatic heterocycles. The molecule has 0 radical (unpaired) electrons. The van der Waals surface area contributed by atoms with Crippen molar-refractivity contribution in [1.29, 1.82) is 0 Å². The van der Waals surface area contributed by atoms with E-state index in [2.05, 4.69) is 5.32 Å². The number of amides is 2. The quantitative estimate of drug-likeness (QED) is 0.506. The van der Waals surface area contributed by atoms with Gasteiger partial charge in [-0.25, -0.2) is 8.42 Å². The van der Waals surface area contributed by atoms with Crippen molar-refractivity contribution in [2.75, 3.05) is 38.0 Å². The van der Waals surface area contributed by atoms with Gasteiger partial charge in [0.1, 0.15) is 0 Å². The minimum atomic E-state index is -3.61. The molecule has 0 aliphatic heterocycles. The molecule has 0 bridgehead atoms. The Balaban J connectivity index is 2.00. The van der Waals surface area contributed by atoms with Gasteiger partial charge in [-0.1, -0.05) is 52.0 Å². The SMILES string of the molecule is CCN(CC)S(=O)(=O)c1cccc(NC(=O)CN(CCC2CCCCC2)CC(N)=O)c1. The average molecular weight is 453 g/mol. The molecular weight excluding hydrogens is 416 g/mol. The third-order valence-electron chi connectivity index (χ3n) is 5.79. The molecule has 1 fully saturated rings. The maximum absolute atomic E-state index is 12.7. The molecule has 1 aromatic rings. The molecule has 3 N–H and O–H groups in total. The number of primary amides is 1. The summed E-state index contributed by atoms with van der Waals surface area (Å²) >= 11 is 0. The van der Waals surface area contributed by atoms with E-state index >= 15 is 0 Å². The zero-order valence-electron chi connectivity index (χ0n) is 18.7. The summed E-state index contributed by atoms with van der Waals surface area (Å²) in [6.45, 7) is 5.01. The Labute approximate surface area is 186 Å². The maximum atomic E-state index is 12.7. The molecule has 0 unspecified atom stereocenters. The second-order valence-electron chi connectivity index (χ2n) is 8.14. The number of nitrogens with two attached hydrogens (primary N) is 1. The van der Waals surface area contributed by atoms with Crippen LogP contribution >= 0.6 is 0 Å². The summed E-state index contributed by atoms with van der Waals surface area (Å²) < 4.78 is 26.8. The average Bonchev–Trinajstić information content (AvgIpc) is 2.73. The van der Waals surface area contributed by atoms with E-state index < -0.39 is 15.9 Å². The first-order valence-electron chi connectivity index (χ1n) is 11.2. The van der Waals surface area contributed by atoms with Crippen molar-refractivity contribution in [3.63, 3.8) is 0 Å². The number of nitrogens with zero attached hydrogens (tertiary/aromatic N) is 2. The summed E-state index contributed by atoms with van der Waals surface area (Å²) in [6.07, 6.45) is 7.11. The van der Waals surface area contributed by atoms with Gasteiger partial charge in [0.2, 0.25) is 21.8 Å². The largest absolute Gasteiger partial charge is 0.369 e. The van der Waals surface area contributed by atoms with Crippen molar-refractivity contribution in [2.24, 2.45) is 11.7 Å². The fourth-order valence-corrected chi connectivity index (χ4v) is 5.63. The molecule has 0 spiro atoms. The fraction of sp³-hybridized carbons (Fsp3) is 0.636. The van der Waals surface area contributed by atoms with Crippen LogP contribution in [0.2, 0.25) is 0 Å². The number of hydrogen-bond acceptors (Lipinski definition) is 5. The van der Waals surface area contributed by atoms with Crippen LogP contribution in [-0.2, 0) is 19.6 Å². The molecule has 2 amide bonds. The highest BCUT2D eigenvalue weighted by atomic mass is 32.2. The van der Waals surface area contributed by atoms with Gasteiger partial charge in [0, 0.05) is 18.8 Å². The van der Waals surface area contributed by atoms with Crippen LogP contribution in [0, 0.1) is 5.92 Å². The van der Waals surface area contributed by atoms with Crippen LogP contribution in [-0.4, -0.2) is 62.2 Å². The van der Waals surface area contributed by atoms with E-state index in [1.807, 2.05) is 0 Å². The van der Waals surface area contributed by atoms with Crippen LogP contribution in [0.25, 0.3) is 0 Å². The molecule has 9 heteroatoms. The topological polar surface area (TPSA) is 113 Å². The molecule has 1 aliphatic carbocycles. The van der Waals surface area contributed by atoms with Crippen molar-refractivity contribution >= 4 is 27.5 Å². The van der Waals surface area contributed by atoms with Crippen molar-refractivity contribution in [3.05, 3.63) is 24.3 Å². The van der Waals surface area contributed by atoms with E-state index in [1.54, 1.807) is 30.9 Å². The molecule has 0 saturated heterocycles. The van der Waals surface area contributed by atoms with Gasteiger partial charge >= 0.3 is 0 Å². The molecule has 8 nitrogen and oxygen atoms in total. The van der Waals surface area contributed by atoms with E-state index in [9.17, 15) is 18.0 Å². The van der Waals surface area contributed by atoms with E-state index in [0.717, 1.165) is 6.42 Å². The molecule has 174 valence electrons. The first-order valence-corrected chi connectivity index (χ1v) is 12.6. The zero-order valence-corrected chi connectivity index (χ0v) is 19.5. The zero-order chi connectivity index (χ0) is 22.9. The van der Waals surface area contributed by atoms with Crippen LogP contribution in [0.5, 0.6) is 0 Å². The third kappa shape index (κ3) is 7.90. The lowest BCUT2D eigenvalue weighted by Crippen LogP contribution is -2.40. The predicted octanol–water partition coefficient (Wildman–Crippen LogP) is 2.41. The van der Waals surface area contributed by atoms with Gasteiger partial charge in [-0.2, -0.15) is 4.31 Å². The van der Waals surface area contributed by atoms with Crippen LogP contribution in [0.15, 0.2) is 29.2 Å². The molecule has 1 aromatic carbocycles. The number of carbonyl (C=O) groups excluding carboxylic acids is 2. The second-order valence-corrected chi connectivity index (χ2v) is 10.1. The standard InChI is InChI=1S/C22H36N4O4S/c1-3-26(4-2)31(29,30)20-12-8-11-19(15-20)24-22(28)17-25(16-21(23)27)14-13-18-9-6-5-7-10-18/h8,11-12,15,18H,3-7,9-10,13-14,16-17H2,1-2H3,(H2,23,27)(H,24,28). The number of sulfonamides is 1. The Hall–Kier alpha value is -1.97. The van der Waals surface area contributed by atoms with Gasteiger partial charge in [0.05, 0.1) is 18.0 Å². The summed E-state index contributed by atoms with van der Waals surface area (Å²) in [4.78, 5) is 26.0. The first-order chi connectivity index (χ1) is 14.8. The Kier molecular flexibility index (Phi) is 9.93. The summed E-state index contributed by atoms with van der Waals surface area (Å²) in [5, 5.41) is 2.76. The Morgan fingerprint density at radius 3 is 2.39 bits per heavy atom. The van der Waals surface area contributed by atoms with Crippen molar-refractivity contribution in [1.82, 2.24) is 9.21 Å². The first kappa shape index (κ1) is 25.3. The highest BCUT2D eigenvalue weighted by Gasteiger charge is 2.22. The second kappa shape index (κ2) is 12.2. The molecular formula is C22H36N4O4S. The maximum Gasteiger partial charge on any atom is 0.243 e. The molecule has 0 atom stereocenters. The normalized spacial score (nSPS) is 15.4. The molecule has 2 rings (SSSR count). The fourth-order valence-electron chi connectivity index (χ4n) is 4.13. The van der Waals surface area contributed by atoms with Gasteiger partial charge in [-0.3, -0.25) is 14.5 Å². The van der Waals surface area contributed by atoms with E-state index in [1.165, 1.54) is 48.5 Å². The van der Waals surface area contributed by atoms with Crippen LogP contribution < -0.4 is 11.1 Å². The summed E-state index contributed by atoms with van der Waals surface area (Å²) in [5.74, 6) is -0.139. The number of benzene rings is 1. The lowest BCUT2D eigenvalue weighted by Gasteiger charge is -2.26. The van der Waals surface area contributed by atoms with Gasteiger partial charge in [-0.05, 0) is 37.1 Å². The Morgan fingerprint density at radius 2 is 1.77 bits per heavy atom. The lowest BCUT2D eigenvalue weighted by atomic mass is 9.87. The Morgan fingerprint density at radius 1 is 1.10 bits per heavy atom. The minimum Gasteiger partial charge on any atom is -0.369 e. The number of nitrogens with one attached hydrogen (secondary N) is 1. The molecule has 1 aliphatic rings. The lowest BCUT2D eigenvalue weighted by molar-refractivity contribution is -0.121. The van der Waals surface area contributed by atoms with Gasteiger partial charge < -0.3 is 11.1 Å². The highest BCUT2D eigenvalue weighted by Crippen LogP contribution is 2.26. The molecule has 0 heterocycles. The van der Waals surface area contributed by atoms with Crippen LogP contribution in [0.4, 0.5) is 5.69 Å². The Bertz CT molecular complexity index is 834. The molecule has 31 heavy (non-hydrogen) atoms. The molecule has 1 saturated carbocycles. The van der Waals surface area contributed by atoms with Crippen molar-refractivity contribution in [2.45, 2.75) is 57.3 Å². The van der Waals surface area contributed by atoms with E-state index in [-0.39, 0.29) is 23.9 Å². The van der Waals surface area contributed by atoms with Crippen molar-refractivity contribution in [3.8, 4) is 0 Å². The van der Waals surface area contributed by atoms with Gasteiger partial charge in [0.25, 0.3) is 0 Å². The van der Waals surface area contributed by atoms with Gasteiger partial charge in [-0.15, -0.1) is 0 Å². The third-order valence-corrected chi connectivity index (χ3v) is 7.83. The van der Waals surface area contributed by atoms with Gasteiger partial charge in [0.15, 0.2) is 0 Å². The summed E-state index contributed by atoms with van der Waals surface area (Å²) in [6, 6.07) is 6.24. The minimum absolute atomic E-state index is 0.0243. The summed E-state index contributed by atoms with van der Waals surface area (Å²) in [7, 11) is -3.61. The van der Waals surface area contributed by atoms with E-state index in [0.29, 0.717) is 31.2 Å². The monoisotopic (exact) mass is 452 g/mol. The number of rotatable bonds is 12. The number of anilines is 1. The highest BCUT2D eigenvalue weighted by molar-refractivity contribution is 7.89. The smallest absolute Gasteiger partial charge is 0.243 e. The number of carbonyl (C=O) groups is 2. The predicted molar refractivity (Wildman–Crippen MR) is 122 cm³/mol. The number of hydrogen-bond donors (Lipinski definition) is 2.